The molecule has 1 fully saturated rings. The van der Waals surface area contributed by atoms with Crippen molar-refractivity contribution in [2.24, 2.45) is 0 Å². The van der Waals surface area contributed by atoms with Gasteiger partial charge >= 0.3 is 0 Å². The third-order valence-corrected chi connectivity index (χ3v) is 4.63. The van der Waals surface area contributed by atoms with Gasteiger partial charge in [-0.05, 0) is 56.6 Å². The summed E-state index contributed by atoms with van der Waals surface area (Å²) in [6, 6.07) is 9.11. The molecule has 0 spiro atoms. The van der Waals surface area contributed by atoms with Gasteiger partial charge in [-0.3, -0.25) is 4.90 Å². The summed E-state index contributed by atoms with van der Waals surface area (Å²) in [7, 11) is 1.73. The summed E-state index contributed by atoms with van der Waals surface area (Å²) < 4.78 is 5.28. The smallest absolute Gasteiger partial charge is 0.118 e. The van der Waals surface area contributed by atoms with E-state index in [-0.39, 0.29) is 0 Å². The second-order valence-electron chi connectivity index (χ2n) is 6.30. The molecule has 1 atom stereocenters. The Morgan fingerprint density at radius 1 is 1.09 bits per heavy atom. The van der Waals surface area contributed by atoms with Crippen LogP contribution in [0.5, 0.6) is 5.75 Å². The highest BCUT2D eigenvalue weighted by atomic mass is 16.5. The van der Waals surface area contributed by atoms with Crippen LogP contribution >= 0.6 is 0 Å². The van der Waals surface area contributed by atoms with E-state index in [1.807, 2.05) is 0 Å². The zero-order valence-electron chi connectivity index (χ0n) is 14.3. The summed E-state index contributed by atoms with van der Waals surface area (Å²) in [5, 5.41) is 3.68. The van der Waals surface area contributed by atoms with Gasteiger partial charge in [-0.15, -0.1) is 0 Å². The van der Waals surface area contributed by atoms with Crippen LogP contribution < -0.4 is 10.1 Å². The number of ether oxygens (including phenoxy) is 1. The van der Waals surface area contributed by atoms with Gasteiger partial charge in [-0.25, -0.2) is 0 Å². The molecule has 1 aromatic rings. The van der Waals surface area contributed by atoms with Crippen molar-refractivity contribution in [2.75, 3.05) is 33.3 Å². The zero-order valence-corrected chi connectivity index (χ0v) is 14.3. The lowest BCUT2D eigenvalue weighted by Gasteiger charge is -2.28. The van der Waals surface area contributed by atoms with Crippen LogP contribution in [-0.2, 0) is 0 Å². The molecule has 0 amide bonds. The van der Waals surface area contributed by atoms with E-state index in [0.717, 1.165) is 18.8 Å². The highest BCUT2D eigenvalue weighted by molar-refractivity contribution is 5.29. The predicted octanol–water partition coefficient (Wildman–Crippen LogP) is 4.00. The number of hydrogen-bond donors (Lipinski definition) is 1. The van der Waals surface area contributed by atoms with Crippen molar-refractivity contribution in [3.63, 3.8) is 0 Å². The van der Waals surface area contributed by atoms with E-state index in [2.05, 4.69) is 41.4 Å². The maximum Gasteiger partial charge on any atom is 0.118 e. The first-order valence-corrected chi connectivity index (χ1v) is 8.94. The van der Waals surface area contributed by atoms with Gasteiger partial charge in [-0.2, -0.15) is 0 Å². The van der Waals surface area contributed by atoms with Crippen molar-refractivity contribution in [1.29, 1.82) is 0 Å². The highest BCUT2D eigenvalue weighted by Crippen LogP contribution is 2.26. The Morgan fingerprint density at radius 3 is 2.45 bits per heavy atom. The Morgan fingerprint density at radius 2 is 1.82 bits per heavy atom. The van der Waals surface area contributed by atoms with Crippen LogP contribution in [0.1, 0.15) is 57.1 Å². The van der Waals surface area contributed by atoms with E-state index in [1.54, 1.807) is 7.11 Å². The molecule has 3 nitrogen and oxygen atoms in total. The maximum absolute atomic E-state index is 5.28. The van der Waals surface area contributed by atoms with Crippen molar-refractivity contribution in [3.8, 4) is 5.75 Å². The summed E-state index contributed by atoms with van der Waals surface area (Å²) in [6.07, 6.45) is 7.98. The fourth-order valence-corrected chi connectivity index (χ4v) is 3.25. The molecular formula is C19H32N2O. The molecule has 0 radical (unpaired) electrons. The Kier molecular flexibility index (Phi) is 7.75. The first kappa shape index (κ1) is 17.3. The number of hydrogen-bond acceptors (Lipinski definition) is 3. The molecule has 1 aromatic carbocycles. The first-order valence-electron chi connectivity index (χ1n) is 8.94. The Labute approximate surface area is 136 Å². The van der Waals surface area contributed by atoms with Gasteiger partial charge in [0, 0.05) is 12.6 Å². The van der Waals surface area contributed by atoms with Gasteiger partial charge in [0.2, 0.25) is 0 Å². The standard InChI is InChI=1S/C19H32N2O/c1-3-4-5-6-13-20-16-19(21-14-7-8-15-21)17-9-11-18(22-2)12-10-17/h9-12,19-20H,3-8,13-16H2,1-2H3. The van der Waals surface area contributed by atoms with Gasteiger partial charge in [0.15, 0.2) is 0 Å². The highest BCUT2D eigenvalue weighted by Gasteiger charge is 2.23. The van der Waals surface area contributed by atoms with Crippen molar-refractivity contribution >= 4 is 0 Å². The number of methoxy groups -OCH3 is 1. The normalized spacial score (nSPS) is 16.8. The van der Waals surface area contributed by atoms with Crippen molar-refractivity contribution in [3.05, 3.63) is 29.8 Å². The predicted molar refractivity (Wildman–Crippen MR) is 93.6 cm³/mol. The van der Waals surface area contributed by atoms with Crippen LogP contribution in [0.25, 0.3) is 0 Å². The third kappa shape index (κ3) is 5.29. The minimum Gasteiger partial charge on any atom is -0.497 e. The molecule has 0 saturated carbocycles. The second kappa shape index (κ2) is 9.86. The van der Waals surface area contributed by atoms with Crippen LogP contribution in [0.4, 0.5) is 0 Å². The molecule has 1 saturated heterocycles. The van der Waals surface area contributed by atoms with E-state index in [0.29, 0.717) is 6.04 Å². The summed E-state index contributed by atoms with van der Waals surface area (Å²) >= 11 is 0. The lowest BCUT2D eigenvalue weighted by molar-refractivity contribution is 0.238. The molecule has 0 aromatic heterocycles. The molecule has 1 N–H and O–H groups in total. The Balaban J connectivity index is 1.88. The van der Waals surface area contributed by atoms with Gasteiger partial charge in [0.25, 0.3) is 0 Å². The number of nitrogens with zero attached hydrogens (tertiary/aromatic N) is 1. The number of nitrogens with one attached hydrogen (secondary N) is 1. The summed E-state index contributed by atoms with van der Waals surface area (Å²) in [5.41, 5.74) is 1.41. The fourth-order valence-electron chi connectivity index (χ4n) is 3.25. The van der Waals surface area contributed by atoms with E-state index >= 15 is 0 Å². The van der Waals surface area contributed by atoms with Gasteiger partial charge < -0.3 is 10.1 Å². The van der Waals surface area contributed by atoms with E-state index in [1.165, 1.54) is 57.2 Å². The third-order valence-electron chi connectivity index (χ3n) is 4.63. The van der Waals surface area contributed by atoms with Crippen molar-refractivity contribution in [1.82, 2.24) is 10.2 Å². The second-order valence-corrected chi connectivity index (χ2v) is 6.30. The maximum atomic E-state index is 5.28. The van der Waals surface area contributed by atoms with Gasteiger partial charge in [0.1, 0.15) is 5.75 Å². The zero-order chi connectivity index (χ0) is 15.6. The average molecular weight is 304 g/mol. The SMILES string of the molecule is CCCCCCNCC(c1ccc(OC)cc1)N1CCCC1. The molecule has 1 aliphatic heterocycles. The number of likely N-dealkylation sites (tertiary alicyclic amines) is 1. The Bertz CT molecular complexity index is 398. The Hall–Kier alpha value is -1.06. The fraction of sp³-hybridized carbons (Fsp3) is 0.684. The largest absolute Gasteiger partial charge is 0.497 e. The summed E-state index contributed by atoms with van der Waals surface area (Å²) in [6.45, 7) is 6.92. The van der Waals surface area contributed by atoms with Gasteiger partial charge in [-0.1, -0.05) is 38.3 Å². The molecule has 0 bridgehead atoms. The molecule has 124 valence electrons. The van der Waals surface area contributed by atoms with Gasteiger partial charge in [0.05, 0.1) is 7.11 Å². The monoisotopic (exact) mass is 304 g/mol. The van der Waals surface area contributed by atoms with Crippen molar-refractivity contribution in [2.45, 2.75) is 51.5 Å². The molecule has 2 rings (SSSR count). The minimum absolute atomic E-state index is 0.500. The molecule has 22 heavy (non-hydrogen) atoms. The molecule has 3 heteroatoms. The van der Waals surface area contributed by atoms with Crippen LogP contribution in [0, 0.1) is 0 Å². The van der Waals surface area contributed by atoms with E-state index < -0.39 is 0 Å². The molecule has 1 aliphatic rings. The molecule has 1 heterocycles. The number of benzene rings is 1. The molecule has 1 unspecified atom stereocenters. The van der Waals surface area contributed by atoms with Crippen molar-refractivity contribution < 1.29 is 4.74 Å². The van der Waals surface area contributed by atoms with E-state index in [4.69, 9.17) is 4.74 Å². The van der Waals surface area contributed by atoms with E-state index in [9.17, 15) is 0 Å². The summed E-state index contributed by atoms with van der Waals surface area (Å²) in [4.78, 5) is 2.63. The number of unbranched alkanes of at least 4 members (excludes halogenated alkanes) is 3. The number of rotatable bonds is 10. The lowest BCUT2D eigenvalue weighted by Crippen LogP contribution is -2.34. The first-order chi connectivity index (χ1) is 10.8. The van der Waals surface area contributed by atoms with Crippen LogP contribution in [-0.4, -0.2) is 38.2 Å². The van der Waals surface area contributed by atoms with Crippen LogP contribution in [0.2, 0.25) is 0 Å². The summed E-state index contributed by atoms with van der Waals surface area (Å²) in [5.74, 6) is 0.941. The van der Waals surface area contributed by atoms with Crippen LogP contribution in [0.3, 0.4) is 0 Å². The minimum atomic E-state index is 0.500. The quantitative estimate of drug-likeness (QED) is 0.661. The van der Waals surface area contributed by atoms with Crippen LogP contribution in [0.15, 0.2) is 24.3 Å². The average Bonchev–Trinajstić information content (AvgIpc) is 3.09. The topological polar surface area (TPSA) is 24.5 Å². The molecule has 0 aliphatic carbocycles. The lowest BCUT2D eigenvalue weighted by atomic mass is 10.1. The molecular weight excluding hydrogens is 272 g/mol.